The van der Waals surface area contributed by atoms with Gasteiger partial charge in [-0.3, -0.25) is 14.4 Å². The number of carbonyl (C=O) groups is 3. The van der Waals surface area contributed by atoms with Crippen molar-refractivity contribution in [2.45, 2.75) is 0 Å². The van der Waals surface area contributed by atoms with Gasteiger partial charge >= 0.3 is 5.97 Å². The number of thiophene rings is 1. The zero-order chi connectivity index (χ0) is 15.1. The molecule has 2 heterocycles. The van der Waals surface area contributed by atoms with Gasteiger partial charge in [-0.25, -0.2) is 0 Å². The van der Waals surface area contributed by atoms with E-state index in [4.69, 9.17) is 9.47 Å². The molecular weight excluding hydrogens is 296 g/mol. The average molecular weight is 312 g/mol. The van der Waals surface area contributed by atoms with Crippen LogP contribution in [0.1, 0.15) is 9.67 Å². The third-order valence-corrected chi connectivity index (χ3v) is 3.73. The maximum Gasteiger partial charge on any atom is 0.325 e. The monoisotopic (exact) mass is 312 g/mol. The number of nitrogens with one attached hydrogen (secondary N) is 1. The Morgan fingerprint density at radius 1 is 1.33 bits per heavy atom. The minimum absolute atomic E-state index is 0.253. The topological polar surface area (TPSA) is 84.9 Å². The highest BCUT2D eigenvalue weighted by Gasteiger charge is 2.18. The van der Waals surface area contributed by atoms with Crippen LogP contribution in [0.4, 0.5) is 0 Å². The first kappa shape index (κ1) is 15.5. The van der Waals surface area contributed by atoms with E-state index in [1.807, 2.05) is 0 Å². The number of hydrogen-bond acceptors (Lipinski definition) is 6. The first-order valence-electron chi connectivity index (χ1n) is 6.49. The van der Waals surface area contributed by atoms with Crippen LogP contribution in [0.5, 0.6) is 0 Å². The second-order valence-corrected chi connectivity index (χ2v) is 5.26. The van der Waals surface area contributed by atoms with Crippen LogP contribution < -0.4 is 5.32 Å². The van der Waals surface area contributed by atoms with Crippen LogP contribution >= 0.6 is 11.3 Å². The molecule has 0 saturated carbocycles. The average Bonchev–Trinajstić information content (AvgIpc) is 3.05. The molecule has 1 aromatic heterocycles. The molecule has 0 bridgehead atoms. The van der Waals surface area contributed by atoms with Gasteiger partial charge < -0.3 is 19.7 Å². The van der Waals surface area contributed by atoms with Crippen LogP contribution in [0, 0.1) is 0 Å². The van der Waals surface area contributed by atoms with Crippen molar-refractivity contribution in [3.8, 4) is 0 Å². The minimum atomic E-state index is -0.637. The Kier molecular flexibility index (Phi) is 5.70. The Bertz CT molecular complexity index is 497. The number of esters is 1. The number of amides is 2. The van der Waals surface area contributed by atoms with Crippen molar-refractivity contribution in [3.63, 3.8) is 0 Å². The summed E-state index contributed by atoms with van der Waals surface area (Å²) in [4.78, 5) is 36.9. The molecule has 0 atom stereocenters. The van der Waals surface area contributed by atoms with Crippen molar-refractivity contribution in [2.24, 2.45) is 0 Å². The first-order valence-corrected chi connectivity index (χ1v) is 7.37. The lowest BCUT2D eigenvalue weighted by atomic mass is 10.4. The Morgan fingerprint density at radius 3 is 2.76 bits per heavy atom. The molecule has 1 saturated heterocycles. The molecule has 1 aliphatic rings. The Morgan fingerprint density at radius 2 is 2.10 bits per heavy atom. The van der Waals surface area contributed by atoms with Gasteiger partial charge in [-0.05, 0) is 11.4 Å². The van der Waals surface area contributed by atoms with Gasteiger partial charge in [-0.1, -0.05) is 6.07 Å². The molecule has 1 aliphatic heterocycles. The molecule has 0 radical (unpaired) electrons. The van der Waals surface area contributed by atoms with E-state index in [1.165, 1.54) is 11.3 Å². The summed E-state index contributed by atoms with van der Waals surface area (Å²) in [6.07, 6.45) is 0. The highest BCUT2D eigenvalue weighted by Crippen LogP contribution is 2.07. The van der Waals surface area contributed by atoms with Gasteiger partial charge in [0.25, 0.3) is 11.8 Å². The lowest BCUT2D eigenvalue weighted by Gasteiger charge is -2.26. The second-order valence-electron chi connectivity index (χ2n) is 4.31. The van der Waals surface area contributed by atoms with Crippen molar-refractivity contribution < 1.29 is 23.9 Å². The van der Waals surface area contributed by atoms with Crippen molar-refractivity contribution in [1.82, 2.24) is 10.2 Å². The quantitative estimate of drug-likeness (QED) is 0.766. The van der Waals surface area contributed by atoms with E-state index >= 15 is 0 Å². The van der Waals surface area contributed by atoms with Crippen LogP contribution in [0.2, 0.25) is 0 Å². The van der Waals surface area contributed by atoms with E-state index in [0.29, 0.717) is 31.2 Å². The van der Waals surface area contributed by atoms with Crippen LogP contribution in [-0.4, -0.2) is 62.1 Å². The predicted octanol–water partition coefficient (Wildman–Crippen LogP) is -0.120. The SMILES string of the molecule is O=C(CNC(=O)c1cccs1)OCC(=O)N1CCOCC1. The predicted molar refractivity (Wildman–Crippen MR) is 75.0 cm³/mol. The molecule has 1 fully saturated rings. The van der Waals surface area contributed by atoms with Gasteiger partial charge in [0.2, 0.25) is 0 Å². The second kappa shape index (κ2) is 7.75. The minimum Gasteiger partial charge on any atom is -0.454 e. The van der Waals surface area contributed by atoms with Gasteiger partial charge in [-0.2, -0.15) is 0 Å². The van der Waals surface area contributed by atoms with Crippen molar-refractivity contribution in [1.29, 1.82) is 0 Å². The maximum atomic E-state index is 11.7. The molecule has 0 spiro atoms. The van der Waals surface area contributed by atoms with Crippen LogP contribution in [0.25, 0.3) is 0 Å². The van der Waals surface area contributed by atoms with Crippen molar-refractivity contribution in [3.05, 3.63) is 22.4 Å². The largest absolute Gasteiger partial charge is 0.454 e. The summed E-state index contributed by atoms with van der Waals surface area (Å²) in [5.74, 6) is -1.22. The normalized spacial score (nSPS) is 14.6. The number of morpholine rings is 1. The molecule has 0 unspecified atom stereocenters. The summed E-state index contributed by atoms with van der Waals surface area (Å²) in [6, 6.07) is 3.41. The van der Waals surface area contributed by atoms with Gasteiger partial charge in [0.05, 0.1) is 18.1 Å². The smallest absolute Gasteiger partial charge is 0.325 e. The molecule has 1 aromatic rings. The third kappa shape index (κ3) is 4.83. The van der Waals surface area contributed by atoms with Gasteiger partial charge in [-0.15, -0.1) is 11.3 Å². The fourth-order valence-corrected chi connectivity index (χ4v) is 2.38. The van der Waals surface area contributed by atoms with E-state index in [0.717, 1.165) is 0 Å². The summed E-state index contributed by atoms with van der Waals surface area (Å²) in [7, 11) is 0. The molecule has 2 rings (SSSR count). The highest BCUT2D eigenvalue weighted by atomic mass is 32.1. The van der Waals surface area contributed by atoms with E-state index in [1.54, 1.807) is 22.4 Å². The molecule has 0 aromatic carbocycles. The van der Waals surface area contributed by atoms with E-state index < -0.39 is 5.97 Å². The first-order chi connectivity index (χ1) is 10.2. The molecule has 114 valence electrons. The third-order valence-electron chi connectivity index (χ3n) is 2.86. The van der Waals surface area contributed by atoms with Gasteiger partial charge in [0.1, 0.15) is 6.54 Å². The summed E-state index contributed by atoms with van der Waals surface area (Å²) < 4.78 is 9.97. The number of hydrogen-bond donors (Lipinski definition) is 1. The lowest BCUT2D eigenvalue weighted by Crippen LogP contribution is -2.43. The fraction of sp³-hybridized carbons (Fsp3) is 0.462. The standard InChI is InChI=1S/C13H16N2O5S/c16-11(15-3-5-19-6-4-15)9-20-12(17)8-14-13(18)10-2-1-7-21-10/h1-2,7H,3-6,8-9H2,(H,14,18). The number of rotatable bonds is 5. The van der Waals surface area contributed by atoms with Crippen LogP contribution in [0.3, 0.4) is 0 Å². The zero-order valence-electron chi connectivity index (χ0n) is 11.4. The molecule has 7 nitrogen and oxygen atoms in total. The van der Waals surface area contributed by atoms with Gasteiger partial charge in [0.15, 0.2) is 6.61 Å². The Balaban J connectivity index is 1.65. The Hall–Kier alpha value is -1.93. The molecule has 2 amide bonds. The summed E-state index contributed by atoms with van der Waals surface area (Å²) in [5, 5.41) is 4.21. The molecule has 0 aliphatic carbocycles. The summed E-state index contributed by atoms with van der Waals surface area (Å²) >= 11 is 1.28. The summed E-state index contributed by atoms with van der Waals surface area (Å²) in [6.45, 7) is 1.44. The zero-order valence-corrected chi connectivity index (χ0v) is 12.2. The van der Waals surface area contributed by atoms with Gasteiger partial charge in [0, 0.05) is 13.1 Å². The van der Waals surface area contributed by atoms with Crippen LogP contribution in [-0.2, 0) is 19.1 Å². The van der Waals surface area contributed by atoms with E-state index in [2.05, 4.69) is 5.32 Å². The fourth-order valence-electron chi connectivity index (χ4n) is 1.74. The lowest BCUT2D eigenvalue weighted by molar-refractivity contribution is -0.152. The molecule has 21 heavy (non-hydrogen) atoms. The number of carbonyl (C=O) groups excluding carboxylic acids is 3. The molecule has 1 N–H and O–H groups in total. The van der Waals surface area contributed by atoms with Crippen LogP contribution in [0.15, 0.2) is 17.5 Å². The van der Waals surface area contributed by atoms with E-state index in [-0.39, 0.29) is 25.0 Å². The number of ether oxygens (including phenoxy) is 2. The summed E-state index contributed by atoms with van der Waals surface area (Å²) in [5.41, 5.74) is 0. The maximum absolute atomic E-state index is 11.7. The van der Waals surface area contributed by atoms with Crippen molar-refractivity contribution in [2.75, 3.05) is 39.5 Å². The van der Waals surface area contributed by atoms with Crippen molar-refractivity contribution >= 4 is 29.1 Å². The molecular formula is C13H16N2O5S. The molecule has 8 heteroatoms. The number of nitrogens with zero attached hydrogens (tertiary/aromatic N) is 1. The van der Waals surface area contributed by atoms with E-state index in [9.17, 15) is 14.4 Å². The highest BCUT2D eigenvalue weighted by molar-refractivity contribution is 7.12. The Labute approximate surface area is 125 Å².